The molecular weight excluding hydrogens is 549 g/mol. The first kappa shape index (κ1) is 27.4. The zero-order valence-corrected chi connectivity index (χ0v) is 23.7. The van der Waals surface area contributed by atoms with Gasteiger partial charge in [-0.15, -0.1) is 11.8 Å². The number of benzene rings is 3. The number of hydrogen-bond donors (Lipinski definition) is 1. The Labute approximate surface area is 247 Å². The standard InChI is InChI=1S/C33H28FN5O2S/c1-22-9-15-27(16-10-22)39-33-30(31(37-39)24-7-3-2-4-8-24)32(25-11-13-26(34)14-12-25)42-21-29(41)38(33)20-28(40)36-19-23-6-5-17-35-18-23/h2-18,32H,19-21H2,1H3,(H,36,40). The molecule has 2 amide bonds. The molecule has 0 saturated heterocycles. The number of halogens is 1. The molecule has 1 N–H and O–H groups in total. The Morgan fingerprint density at radius 1 is 1.00 bits per heavy atom. The van der Waals surface area contributed by atoms with Crippen LogP contribution in [-0.4, -0.2) is 38.9 Å². The van der Waals surface area contributed by atoms with E-state index in [0.29, 0.717) is 18.1 Å². The number of anilines is 1. The van der Waals surface area contributed by atoms with Gasteiger partial charge in [-0.1, -0.05) is 66.2 Å². The number of pyridine rings is 1. The molecule has 1 aliphatic heterocycles. The molecule has 210 valence electrons. The van der Waals surface area contributed by atoms with Gasteiger partial charge in [0.25, 0.3) is 0 Å². The van der Waals surface area contributed by atoms with E-state index >= 15 is 0 Å². The van der Waals surface area contributed by atoms with Crippen molar-refractivity contribution in [3.05, 3.63) is 131 Å². The number of hydrogen-bond acceptors (Lipinski definition) is 5. The predicted molar refractivity (Wildman–Crippen MR) is 163 cm³/mol. The zero-order valence-electron chi connectivity index (χ0n) is 22.9. The van der Waals surface area contributed by atoms with Gasteiger partial charge in [0.15, 0.2) is 0 Å². The van der Waals surface area contributed by atoms with Crippen LogP contribution >= 0.6 is 11.8 Å². The Bertz CT molecular complexity index is 1710. The molecule has 3 heterocycles. The van der Waals surface area contributed by atoms with Crippen molar-refractivity contribution in [3.63, 3.8) is 0 Å². The van der Waals surface area contributed by atoms with Gasteiger partial charge >= 0.3 is 0 Å². The number of aryl methyl sites for hydroxylation is 1. The van der Waals surface area contributed by atoms with E-state index in [-0.39, 0.29) is 35.2 Å². The topological polar surface area (TPSA) is 80.1 Å². The first-order valence-electron chi connectivity index (χ1n) is 13.6. The number of rotatable bonds is 7. The van der Waals surface area contributed by atoms with Gasteiger partial charge in [0, 0.05) is 30.1 Å². The van der Waals surface area contributed by atoms with Gasteiger partial charge in [0.1, 0.15) is 18.2 Å². The van der Waals surface area contributed by atoms with Gasteiger partial charge in [-0.2, -0.15) is 5.10 Å². The summed E-state index contributed by atoms with van der Waals surface area (Å²) in [5.41, 5.74) is 5.92. The van der Waals surface area contributed by atoms with Gasteiger partial charge in [-0.3, -0.25) is 19.5 Å². The minimum absolute atomic E-state index is 0.134. The van der Waals surface area contributed by atoms with Crippen molar-refractivity contribution in [2.75, 3.05) is 17.2 Å². The molecular formula is C33H28FN5O2S. The lowest BCUT2D eigenvalue weighted by Crippen LogP contribution is -2.42. The van der Waals surface area contributed by atoms with Crippen LogP contribution in [0.3, 0.4) is 0 Å². The fourth-order valence-electron chi connectivity index (χ4n) is 5.00. The Morgan fingerprint density at radius 3 is 2.48 bits per heavy atom. The zero-order chi connectivity index (χ0) is 29.1. The summed E-state index contributed by atoms with van der Waals surface area (Å²) in [6.07, 6.45) is 3.37. The number of thioether (sulfide) groups is 1. The average molecular weight is 578 g/mol. The Hall–Kier alpha value is -4.76. The summed E-state index contributed by atoms with van der Waals surface area (Å²) in [6.45, 7) is 2.11. The molecule has 0 aliphatic carbocycles. The second-order valence-electron chi connectivity index (χ2n) is 10.1. The van der Waals surface area contributed by atoms with E-state index in [1.54, 1.807) is 29.2 Å². The third-order valence-corrected chi connectivity index (χ3v) is 8.36. The summed E-state index contributed by atoms with van der Waals surface area (Å²) < 4.78 is 15.7. The van der Waals surface area contributed by atoms with Crippen LogP contribution in [0.1, 0.15) is 27.5 Å². The maximum Gasteiger partial charge on any atom is 0.240 e. The summed E-state index contributed by atoms with van der Waals surface area (Å²) in [7, 11) is 0. The summed E-state index contributed by atoms with van der Waals surface area (Å²) in [6, 6.07) is 27.7. The van der Waals surface area contributed by atoms with Crippen LogP contribution in [0.2, 0.25) is 0 Å². The largest absolute Gasteiger partial charge is 0.350 e. The summed E-state index contributed by atoms with van der Waals surface area (Å²) in [5, 5.41) is 7.67. The number of nitrogens with one attached hydrogen (secondary N) is 1. The van der Waals surface area contributed by atoms with Crippen molar-refractivity contribution in [2.45, 2.75) is 18.7 Å². The van der Waals surface area contributed by atoms with Crippen molar-refractivity contribution >= 4 is 29.4 Å². The third kappa shape index (κ3) is 5.69. The molecule has 1 aliphatic rings. The number of nitrogens with zero attached hydrogens (tertiary/aromatic N) is 4. The lowest BCUT2D eigenvalue weighted by atomic mass is 9.99. The number of amides is 2. The third-order valence-electron chi connectivity index (χ3n) is 7.10. The first-order valence-corrected chi connectivity index (χ1v) is 14.6. The summed E-state index contributed by atoms with van der Waals surface area (Å²) in [4.78, 5) is 32.8. The van der Waals surface area contributed by atoms with Crippen molar-refractivity contribution in [2.24, 2.45) is 0 Å². The minimum atomic E-state index is -0.334. The molecule has 9 heteroatoms. The van der Waals surface area contributed by atoms with E-state index in [4.69, 9.17) is 5.10 Å². The highest BCUT2D eigenvalue weighted by Crippen LogP contribution is 2.48. The smallest absolute Gasteiger partial charge is 0.240 e. The Morgan fingerprint density at radius 2 is 1.76 bits per heavy atom. The highest BCUT2D eigenvalue weighted by molar-refractivity contribution is 8.00. The van der Waals surface area contributed by atoms with Crippen molar-refractivity contribution in [1.82, 2.24) is 20.1 Å². The molecule has 0 spiro atoms. The summed E-state index contributed by atoms with van der Waals surface area (Å²) in [5.74, 6) is -0.191. The van der Waals surface area contributed by atoms with Crippen molar-refractivity contribution < 1.29 is 14.0 Å². The van der Waals surface area contributed by atoms with E-state index in [2.05, 4.69) is 10.3 Å². The highest BCUT2D eigenvalue weighted by atomic mass is 32.2. The minimum Gasteiger partial charge on any atom is -0.350 e. The van der Waals surface area contributed by atoms with Crippen molar-refractivity contribution in [3.8, 4) is 16.9 Å². The van der Waals surface area contributed by atoms with Crippen LogP contribution in [0.4, 0.5) is 10.2 Å². The van der Waals surface area contributed by atoms with E-state index < -0.39 is 0 Å². The Balaban J connectivity index is 1.51. The van der Waals surface area contributed by atoms with E-state index in [1.165, 1.54) is 28.8 Å². The molecule has 0 fully saturated rings. The Kier molecular flexibility index (Phi) is 7.83. The average Bonchev–Trinajstić information content (AvgIpc) is 3.34. The lowest BCUT2D eigenvalue weighted by molar-refractivity contribution is -0.123. The lowest BCUT2D eigenvalue weighted by Gasteiger charge is -2.23. The SMILES string of the molecule is Cc1ccc(-n2nc(-c3ccccc3)c3c2N(CC(=O)NCc2cccnc2)C(=O)CSC3c2ccc(F)cc2)cc1. The quantitative estimate of drug-likeness (QED) is 0.262. The fourth-order valence-corrected chi connectivity index (χ4v) is 6.20. The highest BCUT2D eigenvalue weighted by Gasteiger charge is 2.37. The molecule has 0 saturated carbocycles. The van der Waals surface area contributed by atoms with Gasteiger partial charge in [0.05, 0.1) is 22.4 Å². The number of fused-ring (bicyclic) bond motifs is 1. The number of aromatic nitrogens is 3. The molecule has 0 radical (unpaired) electrons. The summed E-state index contributed by atoms with van der Waals surface area (Å²) >= 11 is 1.45. The monoisotopic (exact) mass is 577 g/mol. The molecule has 0 bridgehead atoms. The number of carbonyl (C=O) groups is 2. The van der Waals surface area contributed by atoms with E-state index in [0.717, 1.165) is 33.5 Å². The molecule has 42 heavy (non-hydrogen) atoms. The maximum absolute atomic E-state index is 14.0. The van der Waals surface area contributed by atoms with Crippen LogP contribution < -0.4 is 10.2 Å². The molecule has 5 aromatic rings. The van der Waals surface area contributed by atoms with E-state index in [1.807, 2.05) is 73.7 Å². The van der Waals surface area contributed by atoms with Crippen LogP contribution in [0.25, 0.3) is 16.9 Å². The molecule has 1 unspecified atom stereocenters. The molecule has 1 atom stereocenters. The van der Waals surface area contributed by atoms with Crippen molar-refractivity contribution in [1.29, 1.82) is 0 Å². The maximum atomic E-state index is 14.0. The van der Waals surface area contributed by atoms with Gasteiger partial charge in [0.2, 0.25) is 11.8 Å². The van der Waals surface area contributed by atoms with Crippen LogP contribution in [0.5, 0.6) is 0 Å². The van der Waals surface area contributed by atoms with Crippen LogP contribution in [0.15, 0.2) is 103 Å². The second-order valence-corrected chi connectivity index (χ2v) is 11.2. The van der Waals surface area contributed by atoms with Gasteiger partial charge in [-0.05, 0) is 48.4 Å². The number of carbonyl (C=O) groups excluding carboxylic acids is 2. The van der Waals surface area contributed by atoms with Gasteiger partial charge in [-0.25, -0.2) is 9.07 Å². The van der Waals surface area contributed by atoms with Crippen LogP contribution in [-0.2, 0) is 16.1 Å². The molecule has 2 aromatic heterocycles. The second kappa shape index (κ2) is 12.0. The van der Waals surface area contributed by atoms with Gasteiger partial charge < -0.3 is 5.32 Å². The molecule has 6 rings (SSSR count). The predicted octanol–water partition coefficient (Wildman–Crippen LogP) is 5.87. The first-order chi connectivity index (χ1) is 20.5. The fraction of sp³-hybridized carbons (Fsp3) is 0.152. The molecule has 7 nitrogen and oxygen atoms in total. The van der Waals surface area contributed by atoms with Crippen LogP contribution in [0, 0.1) is 12.7 Å². The van der Waals surface area contributed by atoms with E-state index in [9.17, 15) is 14.0 Å². The normalized spacial score (nSPS) is 14.8. The molecule has 3 aromatic carbocycles.